The molecule has 3 rings (SSSR count). The standard InChI is InChI=1S/C19H17N/c1-3-4-12-17-15(2)20(16-10-6-5-7-11-16)19-14-9-8-13-18(17)19/h3-14H,2H2,1H3/b4-3-,17-12+. The van der Waals surface area contributed by atoms with Crippen LogP contribution in [0.3, 0.4) is 0 Å². The molecule has 3 aromatic rings. The highest BCUT2D eigenvalue weighted by Gasteiger charge is 2.06. The van der Waals surface area contributed by atoms with Gasteiger partial charge in [-0.25, -0.2) is 0 Å². The van der Waals surface area contributed by atoms with E-state index in [-0.39, 0.29) is 0 Å². The second-order valence-electron chi connectivity index (χ2n) is 4.74. The molecule has 0 saturated carbocycles. The van der Waals surface area contributed by atoms with E-state index in [1.54, 1.807) is 0 Å². The molecular formula is C19H17N. The van der Waals surface area contributed by atoms with Gasteiger partial charge in [-0.05, 0) is 25.1 Å². The van der Waals surface area contributed by atoms with Gasteiger partial charge >= 0.3 is 0 Å². The summed E-state index contributed by atoms with van der Waals surface area (Å²) in [4.78, 5) is 0. The summed E-state index contributed by atoms with van der Waals surface area (Å²) in [7, 11) is 0. The maximum atomic E-state index is 4.28. The first-order valence-corrected chi connectivity index (χ1v) is 6.80. The highest BCUT2D eigenvalue weighted by molar-refractivity contribution is 5.84. The Morgan fingerprint density at radius 2 is 1.65 bits per heavy atom. The first-order valence-electron chi connectivity index (χ1n) is 6.80. The van der Waals surface area contributed by atoms with Crippen LogP contribution in [-0.2, 0) is 0 Å². The fourth-order valence-electron chi connectivity index (χ4n) is 2.57. The Morgan fingerprint density at radius 3 is 2.40 bits per heavy atom. The molecule has 0 spiro atoms. The molecule has 0 fully saturated rings. The summed E-state index contributed by atoms with van der Waals surface area (Å²) in [6.07, 6.45) is 6.23. The van der Waals surface area contributed by atoms with E-state index in [9.17, 15) is 0 Å². The van der Waals surface area contributed by atoms with Crippen molar-refractivity contribution in [2.75, 3.05) is 0 Å². The fourth-order valence-corrected chi connectivity index (χ4v) is 2.57. The van der Waals surface area contributed by atoms with Crippen molar-refractivity contribution in [1.82, 2.24) is 4.57 Å². The van der Waals surface area contributed by atoms with Crippen LogP contribution in [-0.4, -0.2) is 4.57 Å². The summed E-state index contributed by atoms with van der Waals surface area (Å²) in [6, 6.07) is 18.8. The van der Waals surface area contributed by atoms with Gasteiger partial charge in [-0.3, -0.25) is 0 Å². The normalized spacial score (nSPS) is 12.6. The third-order valence-electron chi connectivity index (χ3n) is 3.49. The van der Waals surface area contributed by atoms with Crippen LogP contribution in [0.25, 0.3) is 29.2 Å². The minimum Gasteiger partial charge on any atom is -0.310 e. The third-order valence-corrected chi connectivity index (χ3v) is 3.49. The first kappa shape index (κ1) is 12.5. The smallest absolute Gasteiger partial charge is 0.0540 e. The minimum absolute atomic E-state index is 1.02. The molecule has 0 amide bonds. The maximum Gasteiger partial charge on any atom is 0.0540 e. The van der Waals surface area contributed by atoms with Crippen LogP contribution in [0.1, 0.15) is 6.92 Å². The Labute approximate surface area is 118 Å². The van der Waals surface area contributed by atoms with Crippen molar-refractivity contribution in [3.8, 4) is 5.69 Å². The number of nitrogens with zero attached hydrogens (tertiary/aromatic N) is 1. The van der Waals surface area contributed by atoms with Crippen LogP contribution >= 0.6 is 0 Å². The van der Waals surface area contributed by atoms with E-state index in [1.807, 2.05) is 19.1 Å². The number of fused-ring (bicyclic) bond motifs is 1. The summed E-state index contributed by atoms with van der Waals surface area (Å²) in [6.45, 7) is 6.31. The van der Waals surface area contributed by atoms with Crippen LogP contribution in [0.2, 0.25) is 0 Å². The summed E-state index contributed by atoms with van der Waals surface area (Å²) in [5, 5.41) is 3.44. The van der Waals surface area contributed by atoms with Gasteiger partial charge in [0, 0.05) is 21.6 Å². The quantitative estimate of drug-likeness (QED) is 0.665. The van der Waals surface area contributed by atoms with Gasteiger partial charge < -0.3 is 4.57 Å². The van der Waals surface area contributed by atoms with E-state index >= 15 is 0 Å². The van der Waals surface area contributed by atoms with E-state index < -0.39 is 0 Å². The van der Waals surface area contributed by atoms with Crippen LogP contribution in [0, 0.1) is 0 Å². The molecule has 0 aliphatic heterocycles. The summed E-state index contributed by atoms with van der Waals surface area (Å²) in [5.74, 6) is 0. The predicted octanol–water partition coefficient (Wildman–Crippen LogP) is 3.40. The first-order chi connectivity index (χ1) is 9.83. The highest BCUT2D eigenvalue weighted by Crippen LogP contribution is 2.14. The minimum atomic E-state index is 1.02. The lowest BCUT2D eigenvalue weighted by Crippen LogP contribution is -2.26. The van der Waals surface area contributed by atoms with E-state index in [1.165, 1.54) is 16.1 Å². The van der Waals surface area contributed by atoms with Gasteiger partial charge in [0.1, 0.15) is 0 Å². The molecule has 0 bridgehead atoms. The Balaban J connectivity index is 2.46. The van der Waals surface area contributed by atoms with Crippen molar-refractivity contribution in [3.05, 3.63) is 77.3 Å². The molecule has 1 heteroatoms. The zero-order valence-corrected chi connectivity index (χ0v) is 11.6. The Bertz CT molecular complexity index is 867. The van der Waals surface area contributed by atoms with Crippen molar-refractivity contribution in [2.45, 2.75) is 6.92 Å². The van der Waals surface area contributed by atoms with Crippen molar-refractivity contribution < 1.29 is 0 Å². The third kappa shape index (κ3) is 1.97. The predicted molar refractivity (Wildman–Crippen MR) is 87.3 cm³/mol. The Morgan fingerprint density at radius 1 is 0.950 bits per heavy atom. The second-order valence-corrected chi connectivity index (χ2v) is 4.74. The van der Waals surface area contributed by atoms with Crippen molar-refractivity contribution in [1.29, 1.82) is 0 Å². The van der Waals surface area contributed by atoms with Gasteiger partial charge in [0.15, 0.2) is 0 Å². The van der Waals surface area contributed by atoms with Gasteiger partial charge in [-0.15, -0.1) is 0 Å². The van der Waals surface area contributed by atoms with Gasteiger partial charge in [0.05, 0.1) is 5.52 Å². The maximum absolute atomic E-state index is 4.28. The largest absolute Gasteiger partial charge is 0.310 e. The average molecular weight is 259 g/mol. The average Bonchev–Trinajstić information content (AvgIpc) is 2.78. The van der Waals surface area contributed by atoms with Crippen molar-refractivity contribution in [2.24, 2.45) is 0 Å². The van der Waals surface area contributed by atoms with Gasteiger partial charge in [-0.2, -0.15) is 0 Å². The summed E-state index contributed by atoms with van der Waals surface area (Å²) >= 11 is 0. The molecule has 0 unspecified atom stereocenters. The number of rotatable bonds is 2. The zero-order valence-electron chi connectivity index (χ0n) is 11.6. The topological polar surface area (TPSA) is 4.93 Å². The number of aromatic nitrogens is 1. The molecule has 1 heterocycles. The van der Waals surface area contributed by atoms with E-state index in [4.69, 9.17) is 0 Å². The molecule has 0 aliphatic rings. The lowest BCUT2D eigenvalue weighted by molar-refractivity contribution is 1.07. The summed E-state index contributed by atoms with van der Waals surface area (Å²) < 4.78 is 2.21. The zero-order chi connectivity index (χ0) is 13.9. The lowest BCUT2D eigenvalue weighted by Gasteiger charge is -2.05. The van der Waals surface area contributed by atoms with Gasteiger partial charge in [-0.1, -0.05) is 61.2 Å². The highest BCUT2D eigenvalue weighted by atomic mass is 15.0. The van der Waals surface area contributed by atoms with E-state index in [0.29, 0.717) is 0 Å². The SMILES string of the molecule is C=c1/c(=C\C=C/C)c2ccccc2n1-c1ccccc1. The number of para-hydroxylation sites is 2. The Kier molecular flexibility index (Phi) is 3.26. The van der Waals surface area contributed by atoms with Crippen LogP contribution < -0.4 is 10.6 Å². The van der Waals surface area contributed by atoms with E-state index in [2.05, 4.69) is 71.8 Å². The fraction of sp³-hybridized carbons (Fsp3) is 0.0526. The molecule has 2 aromatic carbocycles. The summed E-state index contributed by atoms with van der Waals surface area (Å²) in [5.41, 5.74) is 2.34. The number of allylic oxidation sites excluding steroid dienone is 2. The van der Waals surface area contributed by atoms with Crippen LogP contribution in [0.4, 0.5) is 0 Å². The molecule has 0 saturated heterocycles. The van der Waals surface area contributed by atoms with E-state index in [0.717, 1.165) is 11.0 Å². The molecule has 0 radical (unpaired) electrons. The molecular weight excluding hydrogens is 242 g/mol. The molecule has 0 atom stereocenters. The number of hydrogen-bond donors (Lipinski definition) is 0. The Hall–Kier alpha value is -2.54. The monoisotopic (exact) mass is 259 g/mol. The molecule has 98 valence electrons. The second kappa shape index (κ2) is 5.22. The lowest BCUT2D eigenvalue weighted by atomic mass is 10.2. The van der Waals surface area contributed by atoms with Crippen LogP contribution in [0.5, 0.6) is 0 Å². The van der Waals surface area contributed by atoms with Crippen LogP contribution in [0.15, 0.2) is 66.7 Å². The molecule has 20 heavy (non-hydrogen) atoms. The van der Waals surface area contributed by atoms with Gasteiger partial charge in [0.25, 0.3) is 0 Å². The number of benzene rings is 2. The molecule has 0 N–H and O–H groups in total. The van der Waals surface area contributed by atoms with Crippen molar-refractivity contribution >= 4 is 23.6 Å². The number of hydrogen-bond acceptors (Lipinski definition) is 0. The van der Waals surface area contributed by atoms with Gasteiger partial charge in [0.2, 0.25) is 0 Å². The molecule has 1 aromatic heterocycles. The van der Waals surface area contributed by atoms with Crippen molar-refractivity contribution in [3.63, 3.8) is 0 Å². The molecule has 1 nitrogen and oxygen atoms in total. The molecule has 0 aliphatic carbocycles.